The summed E-state index contributed by atoms with van der Waals surface area (Å²) in [5.41, 5.74) is 5.79. The molecule has 0 unspecified atom stereocenters. The molecule has 7 heteroatoms. The minimum absolute atomic E-state index is 0.325. The maximum absolute atomic E-state index is 12.4. The first-order valence-corrected chi connectivity index (χ1v) is 11.0. The Labute approximate surface area is 188 Å². The molecule has 0 aliphatic carbocycles. The molecule has 7 nitrogen and oxygen atoms in total. The van der Waals surface area contributed by atoms with Gasteiger partial charge >= 0.3 is 6.03 Å². The minimum Gasteiger partial charge on any atom is -0.457 e. The number of ether oxygens (including phenoxy) is 1. The smallest absolute Gasteiger partial charge is 0.347 e. The van der Waals surface area contributed by atoms with E-state index in [9.17, 15) is 4.79 Å². The van der Waals surface area contributed by atoms with Gasteiger partial charge in [-0.05, 0) is 75.1 Å². The average Bonchev–Trinajstić information content (AvgIpc) is 3.15. The van der Waals surface area contributed by atoms with Crippen molar-refractivity contribution < 1.29 is 9.53 Å². The third-order valence-corrected chi connectivity index (χ3v) is 5.68. The molecule has 0 fully saturated rings. The molecule has 1 aliphatic rings. The van der Waals surface area contributed by atoms with Crippen molar-refractivity contribution in [3.8, 4) is 11.5 Å². The number of aryl methyl sites for hydroxylation is 3. The van der Waals surface area contributed by atoms with Crippen LogP contribution < -0.4 is 15.1 Å². The number of hydrogen-bond donors (Lipinski definition) is 2. The number of amides is 2. The zero-order chi connectivity index (χ0) is 22.8. The summed E-state index contributed by atoms with van der Waals surface area (Å²) in [6.45, 7) is 11.7. The lowest BCUT2D eigenvalue weighted by atomic mass is 10.1. The van der Waals surface area contributed by atoms with E-state index in [0.29, 0.717) is 17.1 Å². The molecule has 0 saturated carbocycles. The summed E-state index contributed by atoms with van der Waals surface area (Å²) in [5, 5.41) is 17.2. The molecule has 3 aromatic rings. The fourth-order valence-electron chi connectivity index (χ4n) is 3.88. The van der Waals surface area contributed by atoms with Crippen LogP contribution in [-0.2, 0) is 6.42 Å². The van der Waals surface area contributed by atoms with Gasteiger partial charge in [0.05, 0.1) is 28.3 Å². The summed E-state index contributed by atoms with van der Waals surface area (Å²) in [7, 11) is 0. The van der Waals surface area contributed by atoms with Gasteiger partial charge in [-0.15, -0.1) is 0 Å². The van der Waals surface area contributed by atoms with Crippen LogP contribution in [0.5, 0.6) is 11.5 Å². The monoisotopic (exact) mass is 431 g/mol. The van der Waals surface area contributed by atoms with E-state index in [0.717, 1.165) is 52.1 Å². The molecule has 1 aromatic heterocycles. The summed E-state index contributed by atoms with van der Waals surface area (Å²) in [4.78, 5) is 12.4. The molecule has 4 rings (SSSR count). The van der Waals surface area contributed by atoms with E-state index in [4.69, 9.17) is 4.74 Å². The Morgan fingerprint density at radius 2 is 1.84 bits per heavy atom. The summed E-state index contributed by atoms with van der Waals surface area (Å²) >= 11 is 0. The van der Waals surface area contributed by atoms with Crippen LogP contribution in [0.15, 0.2) is 47.7 Å². The van der Waals surface area contributed by atoms with Crippen molar-refractivity contribution in [2.75, 3.05) is 5.01 Å². The SMILES string of the molecule is C=C1NC(=O)N(c2cc(C)c(Oc3ccc4[nH]nc(CCCCC)c4c3)c(C)c2)N=C1C. The normalized spacial score (nSPS) is 14.0. The number of benzene rings is 2. The number of carbonyl (C=O) groups is 1. The quantitative estimate of drug-likeness (QED) is 0.442. The summed E-state index contributed by atoms with van der Waals surface area (Å²) in [5.74, 6) is 1.53. The zero-order valence-corrected chi connectivity index (χ0v) is 19.1. The number of fused-ring (bicyclic) bond motifs is 1. The molecule has 32 heavy (non-hydrogen) atoms. The summed E-state index contributed by atoms with van der Waals surface area (Å²) < 4.78 is 6.29. The number of hydrazone groups is 1. The van der Waals surface area contributed by atoms with Crippen molar-refractivity contribution in [3.05, 3.63) is 59.4 Å². The van der Waals surface area contributed by atoms with E-state index in [1.54, 1.807) is 0 Å². The largest absolute Gasteiger partial charge is 0.457 e. The predicted molar refractivity (Wildman–Crippen MR) is 129 cm³/mol. The molecule has 2 N–H and O–H groups in total. The van der Waals surface area contributed by atoms with Crippen LogP contribution in [0.25, 0.3) is 10.9 Å². The van der Waals surface area contributed by atoms with Gasteiger partial charge in [0, 0.05) is 5.39 Å². The number of aromatic amines is 1. The number of rotatable bonds is 7. The van der Waals surface area contributed by atoms with Gasteiger partial charge in [-0.2, -0.15) is 15.2 Å². The maximum Gasteiger partial charge on any atom is 0.347 e. The summed E-state index contributed by atoms with van der Waals surface area (Å²) in [6.07, 6.45) is 4.46. The van der Waals surface area contributed by atoms with Gasteiger partial charge in [0.1, 0.15) is 11.5 Å². The second kappa shape index (κ2) is 8.86. The van der Waals surface area contributed by atoms with E-state index in [2.05, 4.69) is 34.1 Å². The predicted octanol–water partition coefficient (Wildman–Crippen LogP) is 6.12. The highest BCUT2D eigenvalue weighted by Crippen LogP contribution is 2.35. The van der Waals surface area contributed by atoms with Gasteiger partial charge in [-0.25, -0.2) is 4.79 Å². The van der Waals surface area contributed by atoms with E-state index in [1.165, 1.54) is 17.9 Å². The molecule has 1 aliphatic heterocycles. The number of urea groups is 1. The van der Waals surface area contributed by atoms with Crippen molar-refractivity contribution in [1.82, 2.24) is 15.5 Å². The molecule has 0 atom stereocenters. The van der Waals surface area contributed by atoms with E-state index in [-0.39, 0.29) is 6.03 Å². The molecular weight excluding hydrogens is 402 g/mol. The molecular formula is C25H29N5O2. The third-order valence-electron chi connectivity index (χ3n) is 5.68. The number of hydrogen-bond acceptors (Lipinski definition) is 4. The number of allylic oxidation sites excluding steroid dienone is 1. The molecule has 2 heterocycles. The van der Waals surface area contributed by atoms with Crippen molar-refractivity contribution in [2.45, 2.75) is 53.4 Å². The molecule has 0 radical (unpaired) electrons. The second-order valence-corrected chi connectivity index (χ2v) is 8.25. The third kappa shape index (κ3) is 4.23. The van der Waals surface area contributed by atoms with Crippen LogP contribution in [0.2, 0.25) is 0 Å². The Balaban J connectivity index is 1.61. The van der Waals surface area contributed by atoms with Gasteiger partial charge in [0.25, 0.3) is 0 Å². The fourth-order valence-corrected chi connectivity index (χ4v) is 3.88. The Morgan fingerprint density at radius 3 is 2.56 bits per heavy atom. The standard InChI is InChI=1S/C25H29N5O2/c1-6-7-8-9-22-21-14-20(10-11-23(21)28-27-22)32-24-15(2)12-19(13-16(24)3)30-25(31)26-17(4)18(5)29-30/h10-14H,4,6-9H2,1-3,5H3,(H,26,31)(H,27,28). The number of nitrogens with zero attached hydrogens (tertiary/aromatic N) is 3. The van der Waals surface area contributed by atoms with Gasteiger partial charge < -0.3 is 10.1 Å². The van der Waals surface area contributed by atoms with Crippen LogP contribution >= 0.6 is 0 Å². The lowest BCUT2D eigenvalue weighted by molar-refractivity contribution is 0.248. The number of H-pyrrole nitrogens is 1. The van der Waals surface area contributed by atoms with E-state index < -0.39 is 0 Å². The van der Waals surface area contributed by atoms with Crippen LogP contribution in [0, 0.1) is 13.8 Å². The van der Waals surface area contributed by atoms with Gasteiger partial charge in [-0.1, -0.05) is 26.3 Å². The summed E-state index contributed by atoms with van der Waals surface area (Å²) in [6, 6.07) is 9.47. The Bertz CT molecular complexity index is 1200. The van der Waals surface area contributed by atoms with Gasteiger partial charge in [-0.3, -0.25) is 5.10 Å². The molecule has 0 bridgehead atoms. The van der Waals surface area contributed by atoms with Crippen molar-refractivity contribution >= 4 is 28.3 Å². The van der Waals surface area contributed by atoms with Crippen LogP contribution in [0.3, 0.4) is 0 Å². The highest BCUT2D eigenvalue weighted by atomic mass is 16.5. The molecule has 166 valence electrons. The van der Waals surface area contributed by atoms with Crippen molar-refractivity contribution in [2.24, 2.45) is 5.10 Å². The number of unbranched alkanes of at least 4 members (excludes halogenated alkanes) is 2. The highest BCUT2D eigenvalue weighted by Gasteiger charge is 2.23. The Hall–Kier alpha value is -3.61. The van der Waals surface area contributed by atoms with Gasteiger partial charge in [0.15, 0.2) is 0 Å². The number of carbonyl (C=O) groups excluding carboxylic acids is 1. The van der Waals surface area contributed by atoms with Gasteiger partial charge in [0.2, 0.25) is 0 Å². The first-order chi connectivity index (χ1) is 15.4. The van der Waals surface area contributed by atoms with Crippen LogP contribution in [0.1, 0.15) is 49.9 Å². The Kier molecular flexibility index (Phi) is 5.99. The highest BCUT2D eigenvalue weighted by molar-refractivity contribution is 6.08. The Morgan fingerprint density at radius 1 is 1.09 bits per heavy atom. The molecule has 2 amide bonds. The fraction of sp³-hybridized carbons (Fsp3) is 0.320. The maximum atomic E-state index is 12.4. The first kappa shape index (κ1) is 21.6. The van der Waals surface area contributed by atoms with E-state index >= 15 is 0 Å². The molecule has 0 saturated heterocycles. The first-order valence-electron chi connectivity index (χ1n) is 11.0. The van der Waals surface area contributed by atoms with Crippen molar-refractivity contribution in [1.29, 1.82) is 0 Å². The lowest BCUT2D eigenvalue weighted by Gasteiger charge is -2.25. The number of aromatic nitrogens is 2. The van der Waals surface area contributed by atoms with E-state index in [1.807, 2.05) is 51.1 Å². The lowest BCUT2D eigenvalue weighted by Crippen LogP contribution is -2.42. The van der Waals surface area contributed by atoms with Crippen molar-refractivity contribution in [3.63, 3.8) is 0 Å². The second-order valence-electron chi connectivity index (χ2n) is 8.25. The van der Waals surface area contributed by atoms with Crippen LogP contribution in [-0.4, -0.2) is 21.9 Å². The topological polar surface area (TPSA) is 82.6 Å². The average molecular weight is 432 g/mol. The number of anilines is 1. The molecule has 0 spiro atoms. The zero-order valence-electron chi connectivity index (χ0n) is 19.1. The minimum atomic E-state index is -0.325. The molecule has 2 aromatic carbocycles. The van der Waals surface area contributed by atoms with Crippen LogP contribution in [0.4, 0.5) is 10.5 Å². The number of nitrogens with one attached hydrogen (secondary N) is 2.